The number of morpholine rings is 1. The van der Waals surface area contributed by atoms with E-state index >= 15 is 0 Å². The highest BCUT2D eigenvalue weighted by Crippen LogP contribution is 2.21. The zero-order valence-electron chi connectivity index (χ0n) is 15.3. The van der Waals surface area contributed by atoms with Gasteiger partial charge in [0.15, 0.2) is 5.78 Å². The van der Waals surface area contributed by atoms with E-state index in [-0.39, 0.29) is 18.0 Å². The summed E-state index contributed by atoms with van der Waals surface area (Å²) >= 11 is 0. The second kappa shape index (κ2) is 7.94. The Morgan fingerprint density at radius 1 is 1.04 bits per heavy atom. The van der Waals surface area contributed by atoms with Crippen LogP contribution < -0.4 is 0 Å². The van der Waals surface area contributed by atoms with Gasteiger partial charge in [0.2, 0.25) is 0 Å². The minimum Gasteiger partial charge on any atom is -0.373 e. The molecule has 0 aliphatic carbocycles. The van der Waals surface area contributed by atoms with Crippen molar-refractivity contribution in [1.29, 1.82) is 0 Å². The summed E-state index contributed by atoms with van der Waals surface area (Å²) in [5.74, 6) is 0.462. The van der Waals surface area contributed by atoms with E-state index in [4.69, 9.17) is 4.74 Å². The third kappa shape index (κ3) is 4.56. The Morgan fingerprint density at radius 3 is 2.36 bits per heavy atom. The highest BCUT2D eigenvalue weighted by atomic mass is 16.5. The largest absolute Gasteiger partial charge is 0.373 e. The summed E-state index contributed by atoms with van der Waals surface area (Å²) < 4.78 is 5.82. The molecule has 3 heteroatoms. The van der Waals surface area contributed by atoms with Gasteiger partial charge in [0.25, 0.3) is 0 Å². The molecule has 3 rings (SSSR count). The molecule has 2 aromatic carbocycles. The van der Waals surface area contributed by atoms with Crippen LogP contribution in [0.2, 0.25) is 0 Å². The maximum atomic E-state index is 12.7. The highest BCUT2D eigenvalue weighted by Gasteiger charge is 2.23. The molecule has 0 bridgehead atoms. The van der Waals surface area contributed by atoms with E-state index in [9.17, 15) is 4.79 Å². The maximum Gasteiger partial charge on any atom is 0.193 e. The first-order valence-corrected chi connectivity index (χ1v) is 9.10. The molecule has 0 saturated carbocycles. The average molecular weight is 337 g/mol. The number of nitrogens with zero attached hydrogens (tertiary/aromatic N) is 1. The van der Waals surface area contributed by atoms with Gasteiger partial charge < -0.3 is 4.74 Å². The Hall–Kier alpha value is -1.97. The summed E-state index contributed by atoms with van der Waals surface area (Å²) in [7, 11) is 0. The highest BCUT2D eigenvalue weighted by molar-refractivity contribution is 6.09. The summed E-state index contributed by atoms with van der Waals surface area (Å²) in [6.07, 6.45) is 0.559. The van der Waals surface area contributed by atoms with Crippen LogP contribution in [0.25, 0.3) is 0 Å². The molecular formula is C22H27NO2. The predicted molar refractivity (Wildman–Crippen MR) is 101 cm³/mol. The van der Waals surface area contributed by atoms with Crippen LogP contribution in [0.1, 0.15) is 48.2 Å². The van der Waals surface area contributed by atoms with Crippen LogP contribution in [-0.4, -0.2) is 42.5 Å². The molecule has 0 amide bonds. The number of rotatable bonds is 5. The molecule has 1 heterocycles. The van der Waals surface area contributed by atoms with Crippen molar-refractivity contribution in [3.8, 4) is 0 Å². The van der Waals surface area contributed by atoms with Gasteiger partial charge in [-0.3, -0.25) is 9.69 Å². The van der Waals surface area contributed by atoms with E-state index in [1.165, 1.54) is 5.56 Å². The lowest BCUT2D eigenvalue weighted by molar-refractivity contribution is -0.0689. The zero-order valence-corrected chi connectivity index (χ0v) is 15.3. The van der Waals surface area contributed by atoms with Gasteiger partial charge in [-0.15, -0.1) is 0 Å². The third-order valence-corrected chi connectivity index (χ3v) is 4.78. The van der Waals surface area contributed by atoms with Crippen LogP contribution in [0.15, 0.2) is 54.6 Å². The monoisotopic (exact) mass is 337 g/mol. The van der Waals surface area contributed by atoms with Crippen LogP contribution in [0, 0.1) is 0 Å². The number of hydrogen-bond donors (Lipinski definition) is 0. The van der Waals surface area contributed by atoms with E-state index in [2.05, 4.69) is 31.7 Å². The Morgan fingerprint density at radius 2 is 1.68 bits per heavy atom. The topological polar surface area (TPSA) is 29.5 Å². The van der Waals surface area contributed by atoms with Crippen molar-refractivity contribution in [1.82, 2.24) is 4.90 Å². The van der Waals surface area contributed by atoms with Crippen molar-refractivity contribution in [2.75, 3.05) is 19.6 Å². The average Bonchev–Trinajstić information content (AvgIpc) is 2.61. The molecule has 1 fully saturated rings. The van der Waals surface area contributed by atoms with Gasteiger partial charge in [-0.1, -0.05) is 55.5 Å². The summed E-state index contributed by atoms with van der Waals surface area (Å²) in [5.41, 5.74) is 2.72. The van der Waals surface area contributed by atoms with Crippen molar-refractivity contribution < 1.29 is 9.53 Å². The fraction of sp³-hybridized carbons (Fsp3) is 0.409. The molecule has 0 spiro atoms. The van der Waals surface area contributed by atoms with Crippen LogP contribution in [0.3, 0.4) is 0 Å². The maximum absolute atomic E-state index is 12.7. The molecule has 1 aliphatic rings. The molecule has 0 aromatic heterocycles. The van der Waals surface area contributed by atoms with E-state index in [0.29, 0.717) is 5.92 Å². The van der Waals surface area contributed by atoms with Crippen LogP contribution in [-0.2, 0) is 4.74 Å². The number of ether oxygens (including phenoxy) is 1. The van der Waals surface area contributed by atoms with Crippen molar-refractivity contribution in [2.24, 2.45) is 0 Å². The van der Waals surface area contributed by atoms with E-state index in [1.54, 1.807) is 0 Å². The number of benzene rings is 2. The fourth-order valence-electron chi connectivity index (χ4n) is 3.67. The first-order chi connectivity index (χ1) is 12.0. The lowest BCUT2D eigenvalue weighted by Gasteiger charge is -2.36. The van der Waals surface area contributed by atoms with Gasteiger partial charge in [-0.2, -0.15) is 0 Å². The molecular weight excluding hydrogens is 310 g/mol. The number of carbonyl (C=O) groups excluding carboxylic acids is 1. The SMILES string of the molecule is CC1CN(CC(C)c2cccc(C(=O)c3ccccc3)c2)CC(C)O1. The lowest BCUT2D eigenvalue weighted by atomic mass is 9.95. The summed E-state index contributed by atoms with van der Waals surface area (Å²) in [6, 6.07) is 17.6. The van der Waals surface area contributed by atoms with Crippen molar-refractivity contribution in [2.45, 2.75) is 38.9 Å². The molecule has 1 saturated heterocycles. The first-order valence-electron chi connectivity index (χ1n) is 9.10. The van der Waals surface area contributed by atoms with Crippen molar-refractivity contribution >= 4 is 5.78 Å². The molecule has 3 unspecified atom stereocenters. The van der Waals surface area contributed by atoms with Crippen molar-refractivity contribution in [3.63, 3.8) is 0 Å². The zero-order chi connectivity index (χ0) is 17.8. The quantitative estimate of drug-likeness (QED) is 0.768. The predicted octanol–water partition coefficient (Wildman–Crippen LogP) is 4.13. The van der Waals surface area contributed by atoms with Gasteiger partial charge in [-0.25, -0.2) is 0 Å². The van der Waals surface area contributed by atoms with Crippen LogP contribution in [0.4, 0.5) is 0 Å². The smallest absolute Gasteiger partial charge is 0.193 e. The van der Waals surface area contributed by atoms with E-state index in [1.807, 2.05) is 48.5 Å². The summed E-state index contributed by atoms with van der Waals surface area (Å²) in [5, 5.41) is 0. The van der Waals surface area contributed by atoms with Gasteiger partial charge in [0.05, 0.1) is 12.2 Å². The molecule has 132 valence electrons. The third-order valence-electron chi connectivity index (χ3n) is 4.78. The number of hydrogen-bond acceptors (Lipinski definition) is 3. The molecule has 25 heavy (non-hydrogen) atoms. The second-order valence-electron chi connectivity index (χ2n) is 7.20. The van der Waals surface area contributed by atoms with Gasteiger partial charge in [-0.05, 0) is 31.4 Å². The van der Waals surface area contributed by atoms with E-state index in [0.717, 1.165) is 30.8 Å². The second-order valence-corrected chi connectivity index (χ2v) is 7.20. The molecule has 0 radical (unpaired) electrons. The van der Waals surface area contributed by atoms with E-state index < -0.39 is 0 Å². The lowest BCUT2D eigenvalue weighted by Crippen LogP contribution is -2.46. The van der Waals surface area contributed by atoms with Gasteiger partial charge in [0.1, 0.15) is 0 Å². The van der Waals surface area contributed by atoms with Crippen LogP contribution in [0.5, 0.6) is 0 Å². The summed E-state index contributed by atoms with van der Waals surface area (Å²) in [6.45, 7) is 9.42. The Labute approximate surface area is 150 Å². The number of carbonyl (C=O) groups is 1. The molecule has 0 N–H and O–H groups in total. The normalized spacial score (nSPS) is 22.5. The standard InChI is InChI=1S/C22H27NO2/c1-16(13-23-14-17(2)25-18(3)15-23)20-10-7-11-21(12-20)22(24)19-8-5-4-6-9-19/h4-12,16-18H,13-15H2,1-3H3. The minimum absolute atomic E-state index is 0.0864. The van der Waals surface area contributed by atoms with Crippen molar-refractivity contribution in [3.05, 3.63) is 71.3 Å². The first kappa shape index (κ1) is 17.8. The number of ketones is 1. The summed E-state index contributed by atoms with van der Waals surface area (Å²) in [4.78, 5) is 15.1. The molecule has 3 nitrogen and oxygen atoms in total. The molecule has 2 aromatic rings. The minimum atomic E-state index is 0.0864. The Bertz CT molecular complexity index is 703. The molecule has 1 aliphatic heterocycles. The Balaban J connectivity index is 1.71. The van der Waals surface area contributed by atoms with Crippen LogP contribution >= 0.6 is 0 Å². The molecule has 3 atom stereocenters. The van der Waals surface area contributed by atoms with Gasteiger partial charge >= 0.3 is 0 Å². The van der Waals surface area contributed by atoms with Gasteiger partial charge in [0, 0.05) is 30.8 Å². The Kier molecular flexibility index (Phi) is 5.67. The fourth-order valence-corrected chi connectivity index (χ4v) is 3.67.